The molecule has 0 atom stereocenters. The van der Waals surface area contributed by atoms with Crippen LogP contribution in [-0.2, 0) is 14.3 Å². The lowest BCUT2D eigenvalue weighted by molar-refractivity contribution is -0.139. The average Bonchev–Trinajstić information content (AvgIpc) is 2.95. The Hall–Kier alpha value is -1.84. The van der Waals surface area contributed by atoms with Crippen LogP contribution in [0, 0.1) is 0 Å². The molecule has 28 heavy (non-hydrogen) atoms. The molecule has 3 amide bonds. The van der Waals surface area contributed by atoms with Crippen LogP contribution in [0.2, 0.25) is 0 Å². The summed E-state index contributed by atoms with van der Waals surface area (Å²) in [6.07, 6.45) is 2.50. The number of carbonyl (C=O) groups is 3. The van der Waals surface area contributed by atoms with E-state index in [0.29, 0.717) is 44.2 Å². The van der Waals surface area contributed by atoms with Crippen molar-refractivity contribution in [2.75, 3.05) is 39.5 Å². The van der Waals surface area contributed by atoms with Gasteiger partial charge in [0.15, 0.2) is 0 Å². The quantitative estimate of drug-likeness (QED) is 0.596. The Bertz CT molecular complexity index is 808. The van der Waals surface area contributed by atoms with Gasteiger partial charge in [0, 0.05) is 23.1 Å². The van der Waals surface area contributed by atoms with Crippen LogP contribution in [0.15, 0.2) is 27.6 Å². The zero-order valence-corrected chi connectivity index (χ0v) is 17.9. The van der Waals surface area contributed by atoms with Gasteiger partial charge in [0.05, 0.1) is 24.7 Å². The van der Waals surface area contributed by atoms with Crippen molar-refractivity contribution < 1.29 is 23.9 Å². The number of thioether (sulfide) groups is 1. The molecule has 150 valence electrons. The standard InChI is InChI=1S/C19H21BrN2O5S/c1-2-7-27-15-4-3-14(20)10-13(15)11-16-18(24)22(19(25)28-16)12-17(23)21-5-8-26-9-6-21/h3-4,10-11H,2,5-9,12H2,1H3/b16-11-. The maximum atomic E-state index is 12.7. The Kier molecular flexibility index (Phi) is 7.14. The first-order valence-corrected chi connectivity index (χ1v) is 10.6. The van der Waals surface area contributed by atoms with E-state index in [9.17, 15) is 14.4 Å². The van der Waals surface area contributed by atoms with E-state index in [0.717, 1.165) is 27.6 Å². The van der Waals surface area contributed by atoms with E-state index < -0.39 is 11.1 Å². The summed E-state index contributed by atoms with van der Waals surface area (Å²) < 4.78 is 11.8. The zero-order valence-electron chi connectivity index (χ0n) is 15.5. The summed E-state index contributed by atoms with van der Waals surface area (Å²) in [6.45, 7) is 4.20. The number of halogens is 1. The summed E-state index contributed by atoms with van der Waals surface area (Å²) in [5.41, 5.74) is 0.702. The highest BCUT2D eigenvalue weighted by atomic mass is 79.9. The van der Waals surface area contributed by atoms with Gasteiger partial charge < -0.3 is 14.4 Å². The molecule has 0 aliphatic carbocycles. The fourth-order valence-corrected chi connectivity index (χ4v) is 4.01. The smallest absolute Gasteiger partial charge is 0.294 e. The average molecular weight is 469 g/mol. The first kappa shape index (κ1) is 20.9. The lowest BCUT2D eigenvalue weighted by Gasteiger charge is -2.28. The maximum Gasteiger partial charge on any atom is 0.294 e. The van der Waals surface area contributed by atoms with Gasteiger partial charge >= 0.3 is 0 Å². The van der Waals surface area contributed by atoms with E-state index in [-0.39, 0.29) is 17.4 Å². The third-order valence-electron chi connectivity index (χ3n) is 4.25. The van der Waals surface area contributed by atoms with Crippen LogP contribution in [0.1, 0.15) is 18.9 Å². The van der Waals surface area contributed by atoms with Crippen LogP contribution < -0.4 is 4.74 Å². The third-order valence-corrected chi connectivity index (χ3v) is 5.65. The minimum absolute atomic E-state index is 0.249. The molecular formula is C19H21BrN2O5S. The van der Waals surface area contributed by atoms with Crippen LogP contribution in [0.25, 0.3) is 6.08 Å². The SMILES string of the molecule is CCCOc1ccc(Br)cc1/C=C1\SC(=O)N(CC(=O)N2CCOCC2)C1=O. The van der Waals surface area contributed by atoms with Crippen LogP contribution in [-0.4, -0.2) is 66.3 Å². The lowest BCUT2D eigenvalue weighted by Crippen LogP contribution is -2.46. The molecule has 9 heteroatoms. The molecule has 2 aliphatic rings. The summed E-state index contributed by atoms with van der Waals surface area (Å²) in [5.74, 6) is -0.0689. The van der Waals surface area contributed by atoms with E-state index >= 15 is 0 Å². The zero-order chi connectivity index (χ0) is 20.1. The second-order valence-electron chi connectivity index (χ2n) is 6.29. The Morgan fingerprint density at radius 2 is 2.07 bits per heavy atom. The van der Waals surface area contributed by atoms with E-state index in [1.54, 1.807) is 11.0 Å². The molecule has 7 nitrogen and oxygen atoms in total. The van der Waals surface area contributed by atoms with E-state index in [1.165, 1.54) is 0 Å². The van der Waals surface area contributed by atoms with Gasteiger partial charge in [0.2, 0.25) is 5.91 Å². The molecule has 2 saturated heterocycles. The van der Waals surface area contributed by atoms with E-state index in [2.05, 4.69) is 15.9 Å². The van der Waals surface area contributed by atoms with Crippen molar-refractivity contribution in [1.82, 2.24) is 9.80 Å². The van der Waals surface area contributed by atoms with Crippen molar-refractivity contribution in [2.24, 2.45) is 0 Å². The molecule has 0 saturated carbocycles. The fourth-order valence-electron chi connectivity index (χ4n) is 2.80. The number of imide groups is 1. The lowest BCUT2D eigenvalue weighted by atomic mass is 10.2. The van der Waals surface area contributed by atoms with Crippen molar-refractivity contribution in [3.8, 4) is 5.75 Å². The fraction of sp³-hybridized carbons (Fsp3) is 0.421. The minimum atomic E-state index is -0.460. The summed E-state index contributed by atoms with van der Waals surface area (Å²) in [7, 11) is 0. The number of amides is 3. The van der Waals surface area contributed by atoms with Gasteiger partial charge in [-0.1, -0.05) is 22.9 Å². The second kappa shape index (κ2) is 9.58. The highest BCUT2D eigenvalue weighted by molar-refractivity contribution is 9.10. The van der Waals surface area contributed by atoms with Gasteiger partial charge in [-0.25, -0.2) is 0 Å². The molecule has 0 N–H and O–H groups in total. The van der Waals surface area contributed by atoms with Gasteiger partial charge in [-0.15, -0.1) is 0 Å². The molecule has 3 rings (SSSR count). The minimum Gasteiger partial charge on any atom is -0.493 e. The molecule has 0 spiro atoms. The topological polar surface area (TPSA) is 76.2 Å². The Balaban J connectivity index is 1.75. The molecule has 0 aromatic heterocycles. The number of hydrogen-bond acceptors (Lipinski definition) is 6. The Labute approximate surface area is 176 Å². The largest absolute Gasteiger partial charge is 0.493 e. The van der Waals surface area contributed by atoms with Crippen LogP contribution in [0.5, 0.6) is 5.75 Å². The van der Waals surface area contributed by atoms with Gasteiger partial charge in [-0.05, 0) is 42.5 Å². The molecular weight excluding hydrogens is 448 g/mol. The van der Waals surface area contributed by atoms with E-state index in [4.69, 9.17) is 9.47 Å². The number of morpholine rings is 1. The Morgan fingerprint density at radius 1 is 1.32 bits per heavy atom. The van der Waals surface area contributed by atoms with Crippen molar-refractivity contribution >= 4 is 50.8 Å². The van der Waals surface area contributed by atoms with Crippen molar-refractivity contribution in [2.45, 2.75) is 13.3 Å². The molecule has 2 aliphatic heterocycles. The highest BCUT2D eigenvalue weighted by Crippen LogP contribution is 2.35. The first-order valence-electron chi connectivity index (χ1n) is 9.03. The van der Waals surface area contributed by atoms with Gasteiger partial charge in [0.1, 0.15) is 12.3 Å². The summed E-state index contributed by atoms with van der Waals surface area (Å²) in [5, 5.41) is -0.441. The van der Waals surface area contributed by atoms with Crippen molar-refractivity contribution in [3.63, 3.8) is 0 Å². The second-order valence-corrected chi connectivity index (χ2v) is 8.20. The molecule has 0 unspecified atom stereocenters. The van der Waals surface area contributed by atoms with Crippen LogP contribution in [0.4, 0.5) is 4.79 Å². The number of ether oxygens (including phenoxy) is 2. The maximum absolute atomic E-state index is 12.7. The predicted molar refractivity (Wildman–Crippen MR) is 110 cm³/mol. The summed E-state index contributed by atoms with van der Waals surface area (Å²) in [6, 6.07) is 5.50. The predicted octanol–water partition coefficient (Wildman–Crippen LogP) is 3.13. The molecule has 0 radical (unpaired) electrons. The van der Waals surface area contributed by atoms with E-state index in [1.807, 2.05) is 25.1 Å². The van der Waals surface area contributed by atoms with Gasteiger partial charge in [-0.2, -0.15) is 0 Å². The number of benzene rings is 1. The molecule has 2 heterocycles. The number of hydrogen-bond donors (Lipinski definition) is 0. The van der Waals surface area contributed by atoms with Crippen molar-refractivity contribution in [3.05, 3.63) is 33.1 Å². The monoisotopic (exact) mass is 468 g/mol. The third kappa shape index (κ3) is 4.95. The number of rotatable bonds is 6. The molecule has 2 fully saturated rings. The number of carbonyl (C=O) groups excluding carboxylic acids is 3. The summed E-state index contributed by atoms with van der Waals surface area (Å²) >= 11 is 4.25. The van der Waals surface area contributed by atoms with Gasteiger partial charge in [-0.3, -0.25) is 19.3 Å². The summed E-state index contributed by atoms with van der Waals surface area (Å²) in [4.78, 5) is 40.3. The van der Waals surface area contributed by atoms with Crippen LogP contribution in [0.3, 0.4) is 0 Å². The first-order chi connectivity index (χ1) is 13.5. The van der Waals surface area contributed by atoms with Gasteiger partial charge in [0.25, 0.3) is 11.1 Å². The van der Waals surface area contributed by atoms with Crippen LogP contribution >= 0.6 is 27.7 Å². The molecule has 1 aromatic carbocycles. The molecule has 1 aromatic rings. The Morgan fingerprint density at radius 3 is 2.79 bits per heavy atom. The normalized spacial score (nSPS) is 18.9. The highest BCUT2D eigenvalue weighted by Gasteiger charge is 2.37. The van der Waals surface area contributed by atoms with Crippen molar-refractivity contribution in [1.29, 1.82) is 0 Å². The number of nitrogens with zero attached hydrogens (tertiary/aromatic N) is 2. The molecule has 0 bridgehead atoms.